The van der Waals surface area contributed by atoms with Crippen molar-refractivity contribution in [3.05, 3.63) is 74.5 Å². The normalized spacial score (nSPS) is 18.1. The zero-order valence-electron chi connectivity index (χ0n) is 14.2. The number of primary amides is 1. The molecule has 1 aliphatic heterocycles. The van der Waals surface area contributed by atoms with E-state index < -0.39 is 17.0 Å². The van der Waals surface area contributed by atoms with Crippen LogP contribution in [0.15, 0.2) is 53.1 Å². The molecule has 1 saturated heterocycles. The van der Waals surface area contributed by atoms with Gasteiger partial charge in [-0.15, -0.1) is 0 Å². The Morgan fingerprint density at radius 2 is 1.93 bits per heavy atom. The number of hydrogen-bond acceptors (Lipinski definition) is 4. The number of carbonyl (C=O) groups is 2. The first-order valence-electron chi connectivity index (χ1n) is 7.96. The third-order valence-electron chi connectivity index (χ3n) is 4.03. The average molecular weight is 436 g/mol. The van der Waals surface area contributed by atoms with Crippen LogP contribution in [-0.2, 0) is 16.0 Å². The van der Waals surface area contributed by atoms with Gasteiger partial charge in [-0.3, -0.25) is 14.5 Å². The lowest BCUT2D eigenvalue weighted by molar-refractivity contribution is -0.117. The summed E-state index contributed by atoms with van der Waals surface area (Å²) in [7, 11) is 0. The summed E-state index contributed by atoms with van der Waals surface area (Å²) in [6, 6.07) is 11.8. The zero-order chi connectivity index (χ0) is 20.4. The van der Waals surface area contributed by atoms with Crippen molar-refractivity contribution in [2.24, 2.45) is 5.73 Å². The van der Waals surface area contributed by atoms with Crippen LogP contribution in [-0.4, -0.2) is 17.1 Å². The highest BCUT2D eigenvalue weighted by Gasteiger charge is 2.40. The molecule has 0 radical (unpaired) electrons. The van der Waals surface area contributed by atoms with Crippen LogP contribution in [0.25, 0.3) is 0 Å². The van der Waals surface area contributed by atoms with Crippen molar-refractivity contribution in [2.45, 2.75) is 11.7 Å². The van der Waals surface area contributed by atoms with Crippen molar-refractivity contribution < 1.29 is 14.0 Å². The highest BCUT2D eigenvalue weighted by molar-refractivity contribution is 8.05. The summed E-state index contributed by atoms with van der Waals surface area (Å²) in [5, 5.41) is 9.68. The molecule has 28 heavy (non-hydrogen) atoms. The van der Waals surface area contributed by atoms with Crippen LogP contribution in [0.2, 0.25) is 10.0 Å². The number of nitrogens with two attached hydrogens (primary N) is 1. The summed E-state index contributed by atoms with van der Waals surface area (Å²) in [5.74, 6) is -1.80. The quantitative estimate of drug-likeness (QED) is 0.579. The maximum Gasteiger partial charge on any atom is 0.262 e. The highest BCUT2D eigenvalue weighted by Crippen LogP contribution is 2.42. The molecule has 3 rings (SSSR count). The van der Waals surface area contributed by atoms with Gasteiger partial charge in [-0.25, -0.2) is 4.39 Å². The smallest absolute Gasteiger partial charge is 0.262 e. The molecule has 5 nitrogen and oxygen atoms in total. The summed E-state index contributed by atoms with van der Waals surface area (Å²) in [4.78, 5) is 26.0. The second-order valence-corrected chi connectivity index (χ2v) is 7.89. The number of thioether (sulfide) groups is 1. The number of benzene rings is 2. The van der Waals surface area contributed by atoms with E-state index in [1.165, 1.54) is 29.2 Å². The van der Waals surface area contributed by atoms with E-state index in [0.717, 1.165) is 11.8 Å². The Balaban J connectivity index is 2.04. The second kappa shape index (κ2) is 8.23. The number of carbonyl (C=O) groups excluding carboxylic acids is 2. The molecule has 0 spiro atoms. The maximum atomic E-state index is 13.3. The van der Waals surface area contributed by atoms with Gasteiger partial charge in [0.15, 0.2) is 0 Å². The van der Waals surface area contributed by atoms with Gasteiger partial charge in [0.05, 0.1) is 5.25 Å². The van der Waals surface area contributed by atoms with E-state index in [1.54, 1.807) is 24.3 Å². The van der Waals surface area contributed by atoms with Gasteiger partial charge in [-0.05, 0) is 48.4 Å². The fraction of sp³-hybridized carbons (Fsp3) is 0.105. The van der Waals surface area contributed by atoms with E-state index in [1.807, 2.05) is 0 Å². The van der Waals surface area contributed by atoms with Gasteiger partial charge in [-0.2, -0.15) is 5.26 Å². The number of anilines is 1. The highest BCUT2D eigenvalue weighted by atomic mass is 35.5. The minimum atomic E-state index is -0.949. The minimum absolute atomic E-state index is 0.113. The molecular formula is C19H12Cl2FN3O2S. The Labute approximate surface area is 174 Å². The van der Waals surface area contributed by atoms with E-state index in [9.17, 15) is 19.2 Å². The standard InChI is InChI=1S/C19H12Cl2FN3O2S/c20-11-2-1-10(15(21)8-11)7-16-18(27)25(13-5-3-12(22)4-6-13)19(28-16)14(9-23)17(24)26/h1-6,8,16H,7H2,(H2,24,26)/b19-14+/t16-/m1/s1. The first kappa shape index (κ1) is 20.2. The molecule has 1 aliphatic rings. The predicted molar refractivity (Wildman–Crippen MR) is 107 cm³/mol. The lowest BCUT2D eigenvalue weighted by Gasteiger charge is -2.18. The molecule has 0 saturated carbocycles. The third-order valence-corrected chi connectivity index (χ3v) is 5.88. The minimum Gasteiger partial charge on any atom is -0.365 e. The molecule has 0 aliphatic carbocycles. The van der Waals surface area contributed by atoms with E-state index in [2.05, 4.69) is 0 Å². The second-order valence-electron chi connectivity index (χ2n) is 5.85. The molecule has 1 heterocycles. The molecule has 2 N–H and O–H groups in total. The average Bonchev–Trinajstić information content (AvgIpc) is 2.95. The lowest BCUT2D eigenvalue weighted by atomic mass is 10.1. The Hall–Kier alpha value is -2.53. The molecule has 2 aromatic carbocycles. The summed E-state index contributed by atoms with van der Waals surface area (Å²) in [6.45, 7) is 0. The van der Waals surface area contributed by atoms with Crippen molar-refractivity contribution >= 4 is 52.5 Å². The predicted octanol–water partition coefficient (Wildman–Crippen LogP) is 4.04. The first-order valence-corrected chi connectivity index (χ1v) is 9.59. The molecule has 2 aromatic rings. The molecular weight excluding hydrogens is 424 g/mol. The molecule has 142 valence electrons. The Morgan fingerprint density at radius 1 is 1.25 bits per heavy atom. The molecule has 0 unspecified atom stereocenters. The van der Waals surface area contributed by atoms with Crippen LogP contribution in [0.5, 0.6) is 0 Å². The topological polar surface area (TPSA) is 87.2 Å². The van der Waals surface area contributed by atoms with E-state index in [0.29, 0.717) is 21.3 Å². The molecule has 1 atom stereocenters. The van der Waals surface area contributed by atoms with Gasteiger partial charge < -0.3 is 5.73 Å². The zero-order valence-corrected chi connectivity index (χ0v) is 16.5. The van der Waals surface area contributed by atoms with Crippen LogP contribution < -0.4 is 10.6 Å². The van der Waals surface area contributed by atoms with Crippen LogP contribution in [0.4, 0.5) is 10.1 Å². The van der Waals surface area contributed by atoms with Gasteiger partial charge in [0.25, 0.3) is 5.91 Å². The third kappa shape index (κ3) is 3.99. The van der Waals surface area contributed by atoms with Gasteiger partial charge >= 0.3 is 0 Å². The summed E-state index contributed by atoms with van der Waals surface area (Å²) < 4.78 is 13.3. The van der Waals surface area contributed by atoms with Crippen molar-refractivity contribution in [3.8, 4) is 6.07 Å². The van der Waals surface area contributed by atoms with Crippen molar-refractivity contribution in [3.63, 3.8) is 0 Å². The molecule has 0 aromatic heterocycles. The van der Waals surface area contributed by atoms with E-state index in [4.69, 9.17) is 28.9 Å². The fourth-order valence-electron chi connectivity index (χ4n) is 2.71. The van der Waals surface area contributed by atoms with Crippen molar-refractivity contribution in [2.75, 3.05) is 4.90 Å². The monoisotopic (exact) mass is 435 g/mol. The van der Waals surface area contributed by atoms with Gasteiger partial charge in [-0.1, -0.05) is 41.0 Å². The van der Waals surface area contributed by atoms with Gasteiger partial charge in [0.1, 0.15) is 22.5 Å². The SMILES string of the molecule is N#C/C(C(N)=O)=C1\S[C@H](Cc2ccc(Cl)cc2Cl)C(=O)N1c1ccc(F)cc1. The number of hydrogen-bond donors (Lipinski definition) is 1. The van der Waals surface area contributed by atoms with Crippen LogP contribution in [0.3, 0.4) is 0 Å². The number of amides is 2. The molecule has 1 fully saturated rings. The first-order chi connectivity index (χ1) is 13.3. The number of halogens is 3. The molecule has 2 amide bonds. The van der Waals surface area contributed by atoms with Gasteiger partial charge in [0, 0.05) is 15.7 Å². The van der Waals surface area contributed by atoms with E-state index >= 15 is 0 Å². The number of nitriles is 1. The van der Waals surface area contributed by atoms with Crippen LogP contribution in [0.1, 0.15) is 5.56 Å². The number of nitrogens with zero attached hydrogens (tertiary/aromatic N) is 2. The van der Waals surface area contributed by atoms with Crippen molar-refractivity contribution in [1.29, 1.82) is 5.26 Å². The lowest BCUT2D eigenvalue weighted by Crippen LogP contribution is -2.31. The maximum absolute atomic E-state index is 13.3. The van der Waals surface area contributed by atoms with E-state index in [-0.39, 0.29) is 22.9 Å². The molecule has 0 bridgehead atoms. The van der Waals surface area contributed by atoms with Gasteiger partial charge in [0.2, 0.25) is 5.91 Å². The fourth-order valence-corrected chi connectivity index (χ4v) is 4.50. The Morgan fingerprint density at radius 3 is 2.50 bits per heavy atom. The molecule has 9 heteroatoms. The number of rotatable bonds is 4. The largest absolute Gasteiger partial charge is 0.365 e. The summed E-state index contributed by atoms with van der Waals surface area (Å²) in [6.07, 6.45) is 0.248. The van der Waals surface area contributed by atoms with Crippen molar-refractivity contribution in [1.82, 2.24) is 0 Å². The summed E-state index contributed by atoms with van der Waals surface area (Å²) in [5.41, 5.74) is 5.99. The summed E-state index contributed by atoms with van der Waals surface area (Å²) >= 11 is 13.2. The Bertz CT molecular complexity index is 1030. The van der Waals surface area contributed by atoms with Crippen LogP contribution >= 0.6 is 35.0 Å². The van der Waals surface area contributed by atoms with Crippen LogP contribution in [0, 0.1) is 17.1 Å². The Kier molecular flexibility index (Phi) is 5.94.